The number of hydrogen-bond acceptors (Lipinski definition) is 3. The maximum absolute atomic E-state index is 13.9. The van der Waals surface area contributed by atoms with Gasteiger partial charge in [0.2, 0.25) is 0 Å². The van der Waals surface area contributed by atoms with Gasteiger partial charge in [0.05, 0.1) is 0 Å². The van der Waals surface area contributed by atoms with Gasteiger partial charge in [0.1, 0.15) is 23.5 Å². The van der Waals surface area contributed by atoms with Crippen LogP contribution in [0.4, 0.5) is 10.2 Å². The van der Waals surface area contributed by atoms with E-state index >= 15 is 0 Å². The second kappa shape index (κ2) is 5.05. The summed E-state index contributed by atoms with van der Waals surface area (Å²) in [6.45, 7) is 3.81. The largest absolute Gasteiger partial charge is 0.351 e. The zero-order valence-corrected chi connectivity index (χ0v) is 12.4. The van der Waals surface area contributed by atoms with Gasteiger partial charge in [0.25, 0.3) is 0 Å². The monoisotopic (exact) mass is 293 g/mol. The number of fused-ring (bicyclic) bond motifs is 2. The van der Waals surface area contributed by atoms with Crippen LogP contribution in [0.15, 0.2) is 42.7 Å². The molecule has 4 rings (SSSR count). The Hall–Kier alpha value is -2.49. The van der Waals surface area contributed by atoms with Crippen molar-refractivity contribution in [3.05, 3.63) is 65.2 Å². The molecule has 2 heterocycles. The summed E-state index contributed by atoms with van der Waals surface area (Å²) in [7, 11) is 0. The van der Waals surface area contributed by atoms with Gasteiger partial charge >= 0.3 is 0 Å². The Balaban J connectivity index is 1.78. The van der Waals surface area contributed by atoms with Gasteiger partial charge in [-0.2, -0.15) is 0 Å². The lowest BCUT2D eigenvalue weighted by Gasteiger charge is -2.30. The second-order valence-electron chi connectivity index (χ2n) is 5.78. The van der Waals surface area contributed by atoms with Gasteiger partial charge in [0.15, 0.2) is 0 Å². The molecule has 110 valence electrons. The maximum Gasteiger partial charge on any atom is 0.149 e. The zero-order chi connectivity index (χ0) is 15.1. The van der Waals surface area contributed by atoms with Crippen molar-refractivity contribution in [2.24, 2.45) is 0 Å². The van der Waals surface area contributed by atoms with Crippen LogP contribution in [0, 0.1) is 12.7 Å². The van der Waals surface area contributed by atoms with Gasteiger partial charge in [-0.1, -0.05) is 29.8 Å². The Morgan fingerprint density at radius 3 is 2.91 bits per heavy atom. The van der Waals surface area contributed by atoms with E-state index in [-0.39, 0.29) is 5.82 Å². The first-order valence-electron chi connectivity index (χ1n) is 7.45. The topological polar surface area (TPSA) is 29.0 Å². The minimum atomic E-state index is -0.297. The Kier molecular flexibility index (Phi) is 3.03. The van der Waals surface area contributed by atoms with Crippen molar-refractivity contribution in [2.45, 2.75) is 19.9 Å². The first kappa shape index (κ1) is 13.2. The molecule has 0 saturated heterocycles. The summed E-state index contributed by atoms with van der Waals surface area (Å²) in [6, 6.07) is 11.6. The number of aryl methyl sites for hydroxylation is 1. The summed E-state index contributed by atoms with van der Waals surface area (Å²) >= 11 is 0. The van der Waals surface area contributed by atoms with E-state index in [9.17, 15) is 4.39 Å². The van der Waals surface area contributed by atoms with Gasteiger partial charge < -0.3 is 4.90 Å². The lowest BCUT2D eigenvalue weighted by atomic mass is 9.97. The molecule has 4 heteroatoms. The molecule has 0 aliphatic carbocycles. The first-order valence-corrected chi connectivity index (χ1v) is 7.45. The SMILES string of the molecule is Cc1ccc2c(c1)CCN(c1ncnc3c(F)cccc13)C2. The quantitative estimate of drug-likeness (QED) is 0.686. The van der Waals surface area contributed by atoms with Crippen molar-refractivity contribution in [3.63, 3.8) is 0 Å². The molecule has 1 aliphatic heterocycles. The van der Waals surface area contributed by atoms with Gasteiger partial charge in [0, 0.05) is 18.5 Å². The Bertz CT molecular complexity index is 860. The summed E-state index contributed by atoms with van der Waals surface area (Å²) < 4.78 is 13.9. The highest BCUT2D eigenvalue weighted by Crippen LogP contribution is 2.29. The van der Waals surface area contributed by atoms with Gasteiger partial charge in [-0.15, -0.1) is 0 Å². The Morgan fingerprint density at radius 1 is 1.09 bits per heavy atom. The van der Waals surface area contributed by atoms with Crippen molar-refractivity contribution in [1.82, 2.24) is 9.97 Å². The van der Waals surface area contributed by atoms with Crippen LogP contribution in [0.3, 0.4) is 0 Å². The Morgan fingerprint density at radius 2 is 2.00 bits per heavy atom. The summed E-state index contributed by atoms with van der Waals surface area (Å²) in [5, 5.41) is 0.776. The number of anilines is 1. The fraction of sp³-hybridized carbons (Fsp3) is 0.222. The minimum absolute atomic E-state index is 0.297. The van der Waals surface area contributed by atoms with Crippen molar-refractivity contribution < 1.29 is 4.39 Å². The highest BCUT2D eigenvalue weighted by molar-refractivity contribution is 5.89. The van der Waals surface area contributed by atoms with E-state index in [4.69, 9.17) is 0 Å². The summed E-state index contributed by atoms with van der Waals surface area (Å²) in [6.07, 6.45) is 2.43. The van der Waals surface area contributed by atoms with Gasteiger partial charge in [-0.3, -0.25) is 0 Å². The molecule has 3 nitrogen and oxygen atoms in total. The van der Waals surface area contributed by atoms with E-state index in [1.165, 1.54) is 29.1 Å². The van der Waals surface area contributed by atoms with Crippen LogP contribution in [0.25, 0.3) is 10.9 Å². The van der Waals surface area contributed by atoms with E-state index in [1.807, 2.05) is 6.07 Å². The lowest BCUT2D eigenvalue weighted by molar-refractivity contribution is 0.636. The van der Waals surface area contributed by atoms with Crippen molar-refractivity contribution in [3.8, 4) is 0 Å². The summed E-state index contributed by atoms with van der Waals surface area (Å²) in [5.74, 6) is 0.518. The van der Waals surface area contributed by atoms with Crippen LogP contribution in [0.2, 0.25) is 0 Å². The minimum Gasteiger partial charge on any atom is -0.351 e. The molecule has 1 aromatic heterocycles. The molecule has 0 spiro atoms. The third-order valence-corrected chi connectivity index (χ3v) is 4.27. The molecular weight excluding hydrogens is 277 g/mol. The van der Waals surface area contributed by atoms with Crippen LogP contribution in [0.5, 0.6) is 0 Å². The lowest BCUT2D eigenvalue weighted by Crippen LogP contribution is -2.31. The zero-order valence-electron chi connectivity index (χ0n) is 12.4. The predicted molar refractivity (Wildman–Crippen MR) is 85.4 cm³/mol. The smallest absolute Gasteiger partial charge is 0.149 e. The van der Waals surface area contributed by atoms with E-state index in [0.717, 1.165) is 30.7 Å². The molecule has 0 atom stereocenters. The molecule has 3 aromatic rings. The number of halogens is 1. The molecular formula is C18H16FN3. The highest BCUT2D eigenvalue weighted by atomic mass is 19.1. The van der Waals surface area contributed by atoms with Crippen LogP contribution in [-0.4, -0.2) is 16.5 Å². The molecule has 0 radical (unpaired) electrons. The molecule has 0 fully saturated rings. The Labute approximate surface area is 128 Å². The van der Waals surface area contributed by atoms with Gasteiger partial charge in [-0.25, -0.2) is 14.4 Å². The number of benzene rings is 2. The molecule has 1 aliphatic rings. The second-order valence-corrected chi connectivity index (χ2v) is 5.78. The maximum atomic E-state index is 13.9. The van der Waals surface area contributed by atoms with Crippen LogP contribution < -0.4 is 4.90 Å². The normalized spacial score (nSPS) is 14.2. The molecule has 0 amide bonds. The van der Waals surface area contributed by atoms with E-state index in [1.54, 1.807) is 6.07 Å². The summed E-state index contributed by atoms with van der Waals surface area (Å²) in [4.78, 5) is 10.7. The van der Waals surface area contributed by atoms with E-state index in [2.05, 4.69) is 40.0 Å². The van der Waals surface area contributed by atoms with Gasteiger partial charge in [-0.05, 0) is 36.6 Å². The number of hydrogen-bond donors (Lipinski definition) is 0. The fourth-order valence-corrected chi connectivity index (χ4v) is 3.15. The standard InChI is InChI=1S/C18H16FN3/c1-12-5-6-14-10-22(8-7-13(14)9-12)18-15-3-2-4-16(19)17(15)20-11-21-18/h2-6,9,11H,7-8,10H2,1H3. The molecule has 2 aromatic carbocycles. The average Bonchev–Trinajstić information content (AvgIpc) is 2.54. The van der Waals surface area contributed by atoms with Crippen LogP contribution in [-0.2, 0) is 13.0 Å². The molecule has 0 N–H and O–H groups in total. The third-order valence-electron chi connectivity index (χ3n) is 4.27. The summed E-state index contributed by atoms with van der Waals surface area (Å²) in [5.41, 5.74) is 4.41. The fourth-order valence-electron chi connectivity index (χ4n) is 3.15. The third kappa shape index (κ3) is 2.11. The van der Waals surface area contributed by atoms with Crippen LogP contribution in [0.1, 0.15) is 16.7 Å². The van der Waals surface area contributed by atoms with E-state index in [0.29, 0.717) is 5.52 Å². The van der Waals surface area contributed by atoms with E-state index < -0.39 is 0 Å². The van der Waals surface area contributed by atoms with Crippen molar-refractivity contribution >= 4 is 16.7 Å². The van der Waals surface area contributed by atoms with Crippen molar-refractivity contribution in [1.29, 1.82) is 0 Å². The number of nitrogens with zero attached hydrogens (tertiary/aromatic N) is 3. The number of rotatable bonds is 1. The molecule has 0 saturated carbocycles. The molecule has 0 unspecified atom stereocenters. The molecule has 22 heavy (non-hydrogen) atoms. The number of para-hydroxylation sites is 1. The predicted octanol–water partition coefficient (Wildman–Crippen LogP) is 3.64. The highest BCUT2D eigenvalue weighted by Gasteiger charge is 2.20. The first-order chi connectivity index (χ1) is 10.7. The van der Waals surface area contributed by atoms with Crippen LogP contribution >= 0.6 is 0 Å². The molecule has 0 bridgehead atoms. The average molecular weight is 293 g/mol. The van der Waals surface area contributed by atoms with Crippen molar-refractivity contribution in [2.75, 3.05) is 11.4 Å². The number of aromatic nitrogens is 2.